The predicted molar refractivity (Wildman–Crippen MR) is 112 cm³/mol. The highest BCUT2D eigenvalue weighted by Gasteiger charge is 2.14. The molecule has 1 aliphatic rings. The van der Waals surface area contributed by atoms with Crippen molar-refractivity contribution >= 4 is 11.6 Å². The Hall–Kier alpha value is -2.37. The number of ether oxygens (including phenoxy) is 2. The summed E-state index contributed by atoms with van der Waals surface area (Å²) < 4.78 is 11.0. The molecule has 5 nitrogen and oxygen atoms in total. The van der Waals surface area contributed by atoms with Gasteiger partial charge in [0.1, 0.15) is 12.4 Å². The molecule has 1 amide bonds. The van der Waals surface area contributed by atoms with Crippen LogP contribution in [0.15, 0.2) is 48.5 Å². The van der Waals surface area contributed by atoms with Crippen molar-refractivity contribution in [2.45, 2.75) is 32.7 Å². The van der Waals surface area contributed by atoms with Crippen LogP contribution in [0.25, 0.3) is 0 Å². The van der Waals surface area contributed by atoms with Crippen molar-refractivity contribution in [3.63, 3.8) is 0 Å². The van der Waals surface area contributed by atoms with Crippen molar-refractivity contribution in [1.29, 1.82) is 0 Å². The Bertz CT molecular complexity index is 757. The number of hydrogen-bond donors (Lipinski definition) is 1. The second-order valence-corrected chi connectivity index (χ2v) is 7.03. The van der Waals surface area contributed by atoms with E-state index in [1.165, 1.54) is 24.8 Å². The van der Waals surface area contributed by atoms with E-state index in [0.29, 0.717) is 31.1 Å². The van der Waals surface area contributed by atoms with Crippen LogP contribution >= 0.6 is 0 Å². The summed E-state index contributed by atoms with van der Waals surface area (Å²) in [6.07, 6.45) is 3.88. The fraction of sp³-hybridized carbons (Fsp3) is 0.435. The average Bonchev–Trinajstić information content (AvgIpc) is 2.72. The number of anilines is 1. The summed E-state index contributed by atoms with van der Waals surface area (Å²) in [5.41, 5.74) is 2.56. The number of likely N-dealkylation sites (tertiary alicyclic amines) is 1. The van der Waals surface area contributed by atoms with Crippen LogP contribution in [0.5, 0.6) is 5.75 Å². The minimum absolute atomic E-state index is 0.165. The highest BCUT2D eigenvalue weighted by Crippen LogP contribution is 2.21. The lowest BCUT2D eigenvalue weighted by Crippen LogP contribution is -2.29. The number of amides is 1. The summed E-state index contributed by atoms with van der Waals surface area (Å²) in [6.45, 7) is 6.77. The smallest absolute Gasteiger partial charge is 0.259 e. The Morgan fingerprint density at radius 1 is 1.04 bits per heavy atom. The number of hydrogen-bond acceptors (Lipinski definition) is 4. The van der Waals surface area contributed by atoms with Gasteiger partial charge in [-0.3, -0.25) is 9.69 Å². The first-order valence-corrected chi connectivity index (χ1v) is 10.2. The van der Waals surface area contributed by atoms with Crippen LogP contribution in [-0.2, 0) is 11.3 Å². The van der Waals surface area contributed by atoms with Crippen LogP contribution in [0.3, 0.4) is 0 Å². The van der Waals surface area contributed by atoms with E-state index in [2.05, 4.69) is 22.3 Å². The van der Waals surface area contributed by atoms with Gasteiger partial charge in [0.25, 0.3) is 5.91 Å². The van der Waals surface area contributed by atoms with Crippen LogP contribution in [0, 0.1) is 0 Å². The predicted octanol–water partition coefficient (Wildman–Crippen LogP) is 4.34. The lowest BCUT2D eigenvalue weighted by Gasteiger charge is -2.26. The lowest BCUT2D eigenvalue weighted by molar-refractivity contribution is 0.0998. The quantitative estimate of drug-likeness (QED) is 0.656. The molecule has 1 aliphatic heterocycles. The van der Waals surface area contributed by atoms with Crippen LogP contribution in [0.2, 0.25) is 0 Å². The maximum absolute atomic E-state index is 12.8. The van der Waals surface area contributed by atoms with E-state index in [9.17, 15) is 4.79 Å². The van der Waals surface area contributed by atoms with Gasteiger partial charge in [-0.15, -0.1) is 0 Å². The van der Waals surface area contributed by atoms with Gasteiger partial charge in [0.15, 0.2) is 0 Å². The molecule has 1 N–H and O–H groups in total. The Labute approximate surface area is 167 Å². The Balaban J connectivity index is 1.62. The molecule has 0 saturated carbocycles. The van der Waals surface area contributed by atoms with Crippen molar-refractivity contribution < 1.29 is 14.3 Å². The minimum Gasteiger partial charge on any atom is -0.490 e. The molecule has 0 atom stereocenters. The van der Waals surface area contributed by atoms with E-state index in [1.54, 1.807) is 6.07 Å². The largest absolute Gasteiger partial charge is 0.490 e. The number of benzene rings is 2. The van der Waals surface area contributed by atoms with Gasteiger partial charge in [-0.1, -0.05) is 30.7 Å². The highest BCUT2D eigenvalue weighted by atomic mass is 16.5. The minimum atomic E-state index is -0.165. The fourth-order valence-corrected chi connectivity index (χ4v) is 3.46. The van der Waals surface area contributed by atoms with E-state index < -0.39 is 0 Å². The summed E-state index contributed by atoms with van der Waals surface area (Å²) in [5.74, 6) is 0.409. The van der Waals surface area contributed by atoms with Crippen molar-refractivity contribution in [3.8, 4) is 5.75 Å². The van der Waals surface area contributed by atoms with Crippen LogP contribution in [0.4, 0.5) is 5.69 Å². The fourth-order valence-electron chi connectivity index (χ4n) is 3.46. The van der Waals surface area contributed by atoms with Crippen molar-refractivity contribution in [2.75, 3.05) is 38.2 Å². The molecular weight excluding hydrogens is 352 g/mol. The van der Waals surface area contributed by atoms with Crippen molar-refractivity contribution in [2.24, 2.45) is 0 Å². The third kappa shape index (κ3) is 6.08. The number of nitrogens with zero attached hydrogens (tertiary/aromatic N) is 1. The molecule has 28 heavy (non-hydrogen) atoms. The third-order valence-electron chi connectivity index (χ3n) is 4.86. The SMILES string of the molecule is CCOCCOc1ccccc1C(=O)Nc1cccc(CN2CCCCC2)c1. The molecule has 0 bridgehead atoms. The maximum atomic E-state index is 12.8. The van der Waals surface area contributed by atoms with E-state index in [-0.39, 0.29) is 5.91 Å². The van der Waals surface area contributed by atoms with Gasteiger partial charge in [0.2, 0.25) is 0 Å². The molecule has 0 unspecified atom stereocenters. The number of nitrogens with one attached hydrogen (secondary N) is 1. The lowest BCUT2D eigenvalue weighted by atomic mass is 10.1. The molecule has 0 radical (unpaired) electrons. The third-order valence-corrected chi connectivity index (χ3v) is 4.86. The van der Waals surface area contributed by atoms with E-state index >= 15 is 0 Å². The summed E-state index contributed by atoms with van der Waals surface area (Å²) in [6, 6.07) is 15.4. The highest BCUT2D eigenvalue weighted by molar-refractivity contribution is 6.06. The summed E-state index contributed by atoms with van der Waals surface area (Å²) in [7, 11) is 0. The first kappa shape index (κ1) is 20.4. The van der Waals surface area contributed by atoms with Gasteiger partial charge in [-0.05, 0) is 62.7 Å². The molecule has 2 aromatic rings. The maximum Gasteiger partial charge on any atom is 0.259 e. The zero-order valence-corrected chi connectivity index (χ0v) is 16.7. The van der Waals surface area contributed by atoms with Crippen LogP contribution in [-0.4, -0.2) is 43.7 Å². The van der Waals surface area contributed by atoms with Gasteiger partial charge < -0.3 is 14.8 Å². The van der Waals surface area contributed by atoms with Gasteiger partial charge in [-0.25, -0.2) is 0 Å². The van der Waals surface area contributed by atoms with Crippen LogP contribution in [0.1, 0.15) is 42.1 Å². The summed E-state index contributed by atoms with van der Waals surface area (Å²) >= 11 is 0. The molecular formula is C23H30N2O3. The van der Waals surface area contributed by atoms with Gasteiger partial charge >= 0.3 is 0 Å². The van der Waals surface area contributed by atoms with Crippen LogP contribution < -0.4 is 10.1 Å². The van der Waals surface area contributed by atoms with E-state index in [4.69, 9.17) is 9.47 Å². The van der Waals surface area contributed by atoms with Gasteiger partial charge in [-0.2, -0.15) is 0 Å². The second-order valence-electron chi connectivity index (χ2n) is 7.03. The Morgan fingerprint density at radius 2 is 1.86 bits per heavy atom. The Morgan fingerprint density at radius 3 is 2.68 bits per heavy atom. The standard InChI is InChI=1S/C23H30N2O3/c1-2-27-15-16-28-22-12-5-4-11-21(22)23(26)24-20-10-8-9-19(17-20)18-25-13-6-3-7-14-25/h4-5,8-12,17H,2-3,6-7,13-16,18H2,1H3,(H,24,26). The number of carbonyl (C=O) groups excluding carboxylic acids is 1. The summed E-state index contributed by atoms with van der Waals surface area (Å²) in [4.78, 5) is 15.3. The molecule has 0 spiro atoms. The first-order valence-electron chi connectivity index (χ1n) is 10.2. The molecule has 1 heterocycles. The van der Waals surface area contributed by atoms with E-state index in [1.807, 2.05) is 37.3 Å². The van der Waals surface area contributed by atoms with Gasteiger partial charge in [0, 0.05) is 18.8 Å². The molecule has 0 aliphatic carbocycles. The van der Waals surface area contributed by atoms with E-state index in [0.717, 1.165) is 25.3 Å². The molecule has 0 aromatic heterocycles. The van der Waals surface area contributed by atoms with Gasteiger partial charge in [0.05, 0.1) is 12.2 Å². The number of carbonyl (C=O) groups is 1. The average molecular weight is 383 g/mol. The topological polar surface area (TPSA) is 50.8 Å². The van der Waals surface area contributed by atoms with Crippen molar-refractivity contribution in [1.82, 2.24) is 4.90 Å². The molecule has 1 saturated heterocycles. The monoisotopic (exact) mass is 382 g/mol. The first-order chi connectivity index (χ1) is 13.8. The van der Waals surface area contributed by atoms with Crippen molar-refractivity contribution in [3.05, 3.63) is 59.7 Å². The zero-order chi connectivity index (χ0) is 19.6. The number of rotatable bonds is 9. The zero-order valence-electron chi connectivity index (χ0n) is 16.7. The Kier molecular flexibility index (Phi) is 7.88. The molecule has 150 valence electrons. The number of piperidine rings is 1. The summed E-state index contributed by atoms with van der Waals surface area (Å²) in [5, 5.41) is 3.01. The molecule has 2 aromatic carbocycles. The molecule has 1 fully saturated rings. The normalized spacial score (nSPS) is 14.6. The second kappa shape index (κ2) is 10.8. The molecule has 3 rings (SSSR count). The molecule has 5 heteroatoms. The number of para-hydroxylation sites is 1.